The van der Waals surface area contributed by atoms with Gasteiger partial charge in [0.1, 0.15) is 18.0 Å². The smallest absolute Gasteiger partial charge is 0.325 e. The van der Waals surface area contributed by atoms with Gasteiger partial charge in [0.2, 0.25) is 0 Å². The van der Waals surface area contributed by atoms with Crippen molar-refractivity contribution in [3.05, 3.63) is 42.0 Å². The Morgan fingerprint density at radius 1 is 1.43 bits per heavy atom. The van der Waals surface area contributed by atoms with Gasteiger partial charge in [-0.25, -0.2) is 9.07 Å². The number of amides is 1. The van der Waals surface area contributed by atoms with E-state index in [2.05, 4.69) is 15.2 Å². The van der Waals surface area contributed by atoms with Crippen LogP contribution < -0.4 is 5.32 Å². The average Bonchev–Trinajstić information content (AvgIpc) is 2.86. The van der Waals surface area contributed by atoms with Gasteiger partial charge in [0.25, 0.3) is 5.91 Å². The molecular formula is C13H12FN3O4. The molecule has 1 aromatic carbocycles. The Hall–Kier alpha value is -2.90. The number of para-hydroxylation sites is 1. The Labute approximate surface area is 119 Å². The zero-order valence-electron chi connectivity index (χ0n) is 11.0. The van der Waals surface area contributed by atoms with Crippen LogP contribution in [0.5, 0.6) is 5.75 Å². The number of aromatic hydroxyl groups is 1. The van der Waals surface area contributed by atoms with Crippen LogP contribution in [0.3, 0.4) is 0 Å². The molecule has 110 valence electrons. The van der Waals surface area contributed by atoms with E-state index in [0.29, 0.717) is 0 Å². The summed E-state index contributed by atoms with van der Waals surface area (Å²) in [5, 5.41) is 15.7. The van der Waals surface area contributed by atoms with E-state index in [9.17, 15) is 19.1 Å². The second kappa shape index (κ2) is 6.04. The van der Waals surface area contributed by atoms with Gasteiger partial charge in [-0.3, -0.25) is 9.59 Å². The van der Waals surface area contributed by atoms with Crippen molar-refractivity contribution in [3.8, 4) is 11.4 Å². The van der Waals surface area contributed by atoms with Gasteiger partial charge in [0.05, 0.1) is 13.3 Å². The monoisotopic (exact) mass is 293 g/mol. The van der Waals surface area contributed by atoms with Crippen LogP contribution in [-0.2, 0) is 9.53 Å². The molecule has 0 fully saturated rings. The van der Waals surface area contributed by atoms with Crippen molar-refractivity contribution in [2.45, 2.75) is 0 Å². The number of methoxy groups -OCH3 is 1. The molecule has 0 bridgehead atoms. The van der Waals surface area contributed by atoms with Gasteiger partial charge in [-0.1, -0.05) is 12.1 Å². The highest BCUT2D eigenvalue weighted by atomic mass is 19.1. The first-order valence-electron chi connectivity index (χ1n) is 5.91. The van der Waals surface area contributed by atoms with Crippen molar-refractivity contribution >= 4 is 11.9 Å². The van der Waals surface area contributed by atoms with E-state index in [0.717, 1.165) is 10.9 Å². The minimum absolute atomic E-state index is 0.0832. The number of esters is 1. The Balaban J connectivity index is 2.22. The lowest BCUT2D eigenvalue weighted by Crippen LogP contribution is -2.30. The third kappa shape index (κ3) is 3.16. The molecule has 0 atom stereocenters. The summed E-state index contributed by atoms with van der Waals surface area (Å²) in [5.41, 5.74) is -0.234. The number of hydrogen-bond donors (Lipinski definition) is 2. The summed E-state index contributed by atoms with van der Waals surface area (Å²) in [5.74, 6) is -2.40. The quantitative estimate of drug-likeness (QED) is 0.806. The maximum absolute atomic E-state index is 13.6. The first-order valence-corrected chi connectivity index (χ1v) is 5.91. The molecule has 0 aliphatic rings. The van der Waals surface area contributed by atoms with Crippen molar-refractivity contribution in [1.29, 1.82) is 0 Å². The molecule has 0 spiro atoms. The highest BCUT2D eigenvalue weighted by molar-refractivity contribution is 5.96. The summed E-state index contributed by atoms with van der Waals surface area (Å²) in [7, 11) is 1.18. The molecule has 0 aliphatic heterocycles. The Kier molecular flexibility index (Phi) is 4.17. The van der Waals surface area contributed by atoms with Gasteiger partial charge in [-0.2, -0.15) is 5.10 Å². The highest BCUT2D eigenvalue weighted by Gasteiger charge is 2.18. The normalized spacial score (nSPS) is 10.2. The van der Waals surface area contributed by atoms with Crippen LogP contribution >= 0.6 is 0 Å². The van der Waals surface area contributed by atoms with E-state index in [1.54, 1.807) is 6.07 Å². The Bertz CT molecular complexity index is 684. The fraction of sp³-hybridized carbons (Fsp3) is 0.154. The number of halogens is 1. The molecule has 2 aromatic rings. The summed E-state index contributed by atoms with van der Waals surface area (Å²) in [6.45, 7) is -0.360. The number of hydrogen-bond acceptors (Lipinski definition) is 5. The zero-order valence-corrected chi connectivity index (χ0v) is 11.0. The lowest BCUT2D eigenvalue weighted by molar-refractivity contribution is -0.139. The predicted molar refractivity (Wildman–Crippen MR) is 69.5 cm³/mol. The van der Waals surface area contributed by atoms with E-state index in [1.165, 1.54) is 25.3 Å². The molecule has 0 radical (unpaired) electrons. The summed E-state index contributed by atoms with van der Waals surface area (Å²) in [4.78, 5) is 22.7. The molecular weight excluding hydrogens is 281 g/mol. The van der Waals surface area contributed by atoms with E-state index < -0.39 is 23.4 Å². The van der Waals surface area contributed by atoms with Crippen LogP contribution in [0, 0.1) is 5.82 Å². The van der Waals surface area contributed by atoms with Gasteiger partial charge < -0.3 is 15.2 Å². The van der Waals surface area contributed by atoms with E-state index in [1.807, 2.05) is 0 Å². The second-order valence-corrected chi connectivity index (χ2v) is 4.02. The minimum atomic E-state index is -0.770. The summed E-state index contributed by atoms with van der Waals surface area (Å²) < 4.78 is 19.0. The second-order valence-electron chi connectivity index (χ2n) is 4.02. The molecule has 2 rings (SSSR count). The van der Waals surface area contributed by atoms with Gasteiger partial charge in [-0.05, 0) is 12.1 Å². The van der Waals surface area contributed by atoms with Crippen LogP contribution in [0.15, 0.2) is 30.5 Å². The third-order valence-electron chi connectivity index (χ3n) is 2.63. The number of aromatic nitrogens is 2. The lowest BCUT2D eigenvalue weighted by Gasteiger charge is -2.02. The van der Waals surface area contributed by atoms with Crippen LogP contribution in [-0.4, -0.2) is 40.4 Å². The van der Waals surface area contributed by atoms with Crippen molar-refractivity contribution in [3.63, 3.8) is 0 Å². The molecule has 0 aliphatic carbocycles. The number of carbonyl (C=O) groups excluding carboxylic acids is 2. The SMILES string of the molecule is COC(=O)CNC(=O)c1nn(-c2ccccc2F)cc1O. The van der Waals surface area contributed by atoms with Crippen LogP contribution in [0.4, 0.5) is 4.39 Å². The number of nitrogens with one attached hydrogen (secondary N) is 1. The Morgan fingerprint density at radius 3 is 2.81 bits per heavy atom. The zero-order chi connectivity index (χ0) is 15.4. The van der Waals surface area contributed by atoms with Crippen molar-refractivity contribution in [1.82, 2.24) is 15.1 Å². The highest BCUT2D eigenvalue weighted by Crippen LogP contribution is 2.19. The van der Waals surface area contributed by atoms with Crippen molar-refractivity contribution < 1.29 is 23.8 Å². The molecule has 7 nitrogen and oxygen atoms in total. The topological polar surface area (TPSA) is 93.5 Å². The number of carbonyl (C=O) groups is 2. The van der Waals surface area contributed by atoms with Crippen LogP contribution in [0.1, 0.15) is 10.5 Å². The standard InChI is InChI=1S/C13H12FN3O4/c1-21-11(19)6-15-13(20)12-10(18)7-17(16-12)9-5-3-2-4-8(9)14/h2-5,7,18H,6H2,1H3,(H,15,20). The fourth-order valence-corrected chi connectivity index (χ4v) is 1.60. The van der Waals surface area contributed by atoms with E-state index in [4.69, 9.17) is 0 Å². The minimum Gasteiger partial charge on any atom is -0.504 e. The molecule has 1 heterocycles. The number of nitrogens with zero attached hydrogens (tertiary/aromatic N) is 2. The summed E-state index contributed by atoms with van der Waals surface area (Å²) in [6.07, 6.45) is 1.10. The molecule has 2 N–H and O–H groups in total. The van der Waals surface area contributed by atoms with E-state index >= 15 is 0 Å². The molecule has 21 heavy (non-hydrogen) atoms. The fourth-order valence-electron chi connectivity index (χ4n) is 1.60. The van der Waals surface area contributed by atoms with Crippen LogP contribution in [0.25, 0.3) is 5.69 Å². The van der Waals surface area contributed by atoms with Gasteiger partial charge in [-0.15, -0.1) is 0 Å². The molecule has 1 aromatic heterocycles. The van der Waals surface area contributed by atoms with Gasteiger partial charge >= 0.3 is 5.97 Å². The molecule has 8 heteroatoms. The number of rotatable bonds is 4. The molecule has 0 unspecified atom stereocenters. The lowest BCUT2D eigenvalue weighted by atomic mass is 10.3. The Morgan fingerprint density at radius 2 is 2.14 bits per heavy atom. The maximum Gasteiger partial charge on any atom is 0.325 e. The molecule has 0 saturated carbocycles. The maximum atomic E-state index is 13.6. The first-order chi connectivity index (χ1) is 10.0. The molecule has 0 saturated heterocycles. The summed E-state index contributed by atoms with van der Waals surface area (Å²) in [6, 6.07) is 5.77. The number of ether oxygens (including phenoxy) is 1. The summed E-state index contributed by atoms with van der Waals surface area (Å²) >= 11 is 0. The van der Waals surface area contributed by atoms with Gasteiger partial charge in [0.15, 0.2) is 11.4 Å². The third-order valence-corrected chi connectivity index (χ3v) is 2.63. The van der Waals surface area contributed by atoms with Crippen molar-refractivity contribution in [2.75, 3.05) is 13.7 Å². The number of benzene rings is 1. The van der Waals surface area contributed by atoms with Crippen molar-refractivity contribution in [2.24, 2.45) is 0 Å². The predicted octanol–water partition coefficient (Wildman–Crippen LogP) is 0.620. The first kappa shape index (κ1) is 14.5. The van der Waals surface area contributed by atoms with Crippen LogP contribution in [0.2, 0.25) is 0 Å². The molecule has 1 amide bonds. The van der Waals surface area contributed by atoms with Gasteiger partial charge in [0, 0.05) is 0 Å². The largest absolute Gasteiger partial charge is 0.504 e. The average molecular weight is 293 g/mol. The van der Waals surface area contributed by atoms with E-state index in [-0.39, 0.29) is 17.9 Å².